The maximum Gasteiger partial charge on any atom is 0.331 e. The summed E-state index contributed by atoms with van der Waals surface area (Å²) in [5.74, 6) is 0.145. The Hall–Kier alpha value is -1.24. The molecule has 0 radical (unpaired) electrons. The van der Waals surface area contributed by atoms with Crippen LogP contribution in [0.15, 0.2) is 16.6 Å². The number of aliphatic imine (C=N–C) groups is 1. The van der Waals surface area contributed by atoms with Crippen molar-refractivity contribution in [1.82, 2.24) is 0 Å². The minimum Gasteiger partial charge on any atom is -0.458 e. The summed E-state index contributed by atoms with van der Waals surface area (Å²) in [6, 6.07) is 0. The standard InChI is InChI=1S/C33H53NO5/c1-3-4-5-6-7-8-9-10-19-34-23-31-16-11-25(35)21-32(31,37)17-13-28-27(31)12-15-30(2)26(14-18-33(28,30)38)24-20-29(36)39-22-24/h20,23,25-28,35,37-38H,3-19,21-22H2,1-2H3/t25?,26-,27-,28?,30+,31-,32?,33?/m0/s1. The van der Waals surface area contributed by atoms with Crippen LogP contribution in [-0.4, -0.2) is 58.0 Å². The van der Waals surface area contributed by atoms with E-state index in [1.807, 2.05) is 0 Å². The molecule has 4 saturated carbocycles. The molecule has 5 rings (SSSR count). The van der Waals surface area contributed by atoms with Crippen molar-refractivity contribution in [3.8, 4) is 0 Å². The number of esters is 1. The molecule has 4 fully saturated rings. The molecular formula is C33H53NO5. The summed E-state index contributed by atoms with van der Waals surface area (Å²) in [6.45, 7) is 5.64. The SMILES string of the molecule is CCCCCCCCCCN=C[C@]12CCC(O)CC1(O)CCC1[C@@H]2CC[C@]2(C)[C@H](C3=CC(=O)OC3)CCC12O. The van der Waals surface area contributed by atoms with Crippen LogP contribution in [0.3, 0.4) is 0 Å². The van der Waals surface area contributed by atoms with Gasteiger partial charge in [0.25, 0.3) is 0 Å². The van der Waals surface area contributed by atoms with Crippen LogP contribution in [0.2, 0.25) is 0 Å². The van der Waals surface area contributed by atoms with Crippen LogP contribution in [-0.2, 0) is 9.53 Å². The first-order valence-electron chi connectivity index (χ1n) is 16.2. The van der Waals surface area contributed by atoms with Gasteiger partial charge in [0.05, 0.1) is 17.3 Å². The topological polar surface area (TPSA) is 99.4 Å². The average molecular weight is 544 g/mol. The van der Waals surface area contributed by atoms with E-state index in [1.165, 1.54) is 44.9 Å². The van der Waals surface area contributed by atoms with E-state index >= 15 is 0 Å². The van der Waals surface area contributed by atoms with E-state index in [2.05, 4.69) is 20.1 Å². The third-order valence-corrected chi connectivity index (χ3v) is 12.1. The van der Waals surface area contributed by atoms with E-state index in [4.69, 9.17) is 9.73 Å². The molecule has 6 nitrogen and oxygen atoms in total. The fraction of sp³-hybridized carbons (Fsp3) is 0.879. The molecule has 4 aliphatic carbocycles. The van der Waals surface area contributed by atoms with Crippen LogP contribution in [0.5, 0.6) is 0 Å². The van der Waals surface area contributed by atoms with Gasteiger partial charge in [0.1, 0.15) is 6.61 Å². The number of rotatable bonds is 11. The highest BCUT2D eigenvalue weighted by molar-refractivity contribution is 5.85. The van der Waals surface area contributed by atoms with Crippen molar-refractivity contribution in [1.29, 1.82) is 0 Å². The van der Waals surface area contributed by atoms with Gasteiger partial charge in [-0.25, -0.2) is 4.79 Å². The first-order chi connectivity index (χ1) is 18.7. The van der Waals surface area contributed by atoms with Crippen LogP contribution in [0.1, 0.15) is 123 Å². The molecule has 1 heterocycles. The fourth-order valence-electron chi connectivity index (χ4n) is 9.93. The molecule has 39 heavy (non-hydrogen) atoms. The molecule has 0 amide bonds. The second-order valence-corrected chi connectivity index (χ2v) is 14.0. The fourth-order valence-corrected chi connectivity index (χ4v) is 9.93. The van der Waals surface area contributed by atoms with Gasteiger partial charge in [-0.15, -0.1) is 0 Å². The zero-order chi connectivity index (χ0) is 27.7. The number of hydrogen-bond donors (Lipinski definition) is 3. The average Bonchev–Trinajstić information content (AvgIpc) is 3.45. The molecule has 0 bridgehead atoms. The molecule has 3 N–H and O–H groups in total. The molecule has 8 atom stereocenters. The number of fused-ring (bicyclic) bond motifs is 5. The number of cyclic esters (lactones) is 1. The molecule has 0 aromatic rings. The predicted molar refractivity (Wildman–Crippen MR) is 153 cm³/mol. The summed E-state index contributed by atoms with van der Waals surface area (Å²) < 4.78 is 5.27. The summed E-state index contributed by atoms with van der Waals surface area (Å²) in [4.78, 5) is 16.8. The van der Waals surface area contributed by atoms with Crippen molar-refractivity contribution in [2.75, 3.05) is 13.2 Å². The molecule has 0 spiro atoms. The largest absolute Gasteiger partial charge is 0.458 e. The van der Waals surface area contributed by atoms with Gasteiger partial charge in [0.15, 0.2) is 0 Å². The van der Waals surface area contributed by atoms with Gasteiger partial charge in [-0.2, -0.15) is 0 Å². The number of ether oxygens (including phenoxy) is 1. The number of unbranched alkanes of at least 4 members (excludes halogenated alkanes) is 7. The second kappa shape index (κ2) is 11.6. The molecule has 0 aromatic heterocycles. The first kappa shape index (κ1) is 29.3. The minimum absolute atomic E-state index is 0.0879. The number of aliphatic hydroxyl groups excluding tert-OH is 1. The Morgan fingerprint density at radius 2 is 1.67 bits per heavy atom. The van der Waals surface area contributed by atoms with Crippen LogP contribution in [0.4, 0.5) is 0 Å². The number of aliphatic hydroxyl groups is 3. The number of carbonyl (C=O) groups is 1. The van der Waals surface area contributed by atoms with E-state index in [0.717, 1.165) is 57.1 Å². The summed E-state index contributed by atoms with van der Waals surface area (Å²) >= 11 is 0. The monoisotopic (exact) mass is 543 g/mol. The second-order valence-electron chi connectivity index (χ2n) is 14.0. The Bertz CT molecular complexity index is 948. The van der Waals surface area contributed by atoms with Crippen LogP contribution in [0, 0.1) is 28.6 Å². The Kier molecular flexibility index (Phi) is 8.68. The third kappa shape index (κ3) is 5.05. The molecule has 0 saturated heterocycles. The third-order valence-electron chi connectivity index (χ3n) is 12.1. The number of carbonyl (C=O) groups excluding carboxylic acids is 1. The van der Waals surface area contributed by atoms with Crippen molar-refractivity contribution >= 4 is 12.2 Å². The highest BCUT2D eigenvalue weighted by Crippen LogP contribution is 2.70. The quantitative estimate of drug-likeness (QED) is 0.171. The van der Waals surface area contributed by atoms with Gasteiger partial charge in [-0.1, -0.05) is 58.8 Å². The zero-order valence-corrected chi connectivity index (χ0v) is 24.5. The van der Waals surface area contributed by atoms with Gasteiger partial charge < -0.3 is 20.1 Å². The predicted octanol–water partition coefficient (Wildman–Crippen LogP) is 5.91. The van der Waals surface area contributed by atoms with Crippen molar-refractivity contribution in [3.05, 3.63) is 11.6 Å². The lowest BCUT2D eigenvalue weighted by Crippen LogP contribution is -2.68. The molecule has 4 unspecified atom stereocenters. The summed E-state index contributed by atoms with van der Waals surface area (Å²) in [7, 11) is 0. The van der Waals surface area contributed by atoms with Gasteiger partial charge in [-0.05, 0) is 81.1 Å². The lowest BCUT2D eigenvalue weighted by molar-refractivity contribution is -0.237. The van der Waals surface area contributed by atoms with E-state index in [9.17, 15) is 20.1 Å². The number of nitrogens with zero attached hydrogens (tertiary/aromatic N) is 1. The molecule has 5 aliphatic rings. The van der Waals surface area contributed by atoms with E-state index in [0.29, 0.717) is 25.9 Å². The van der Waals surface area contributed by atoms with Gasteiger partial charge in [-0.3, -0.25) is 4.99 Å². The molecule has 220 valence electrons. The Morgan fingerprint density at radius 3 is 2.38 bits per heavy atom. The van der Waals surface area contributed by atoms with Crippen molar-refractivity contribution in [3.63, 3.8) is 0 Å². The molecule has 0 aromatic carbocycles. The van der Waals surface area contributed by atoms with Crippen LogP contribution in [0.25, 0.3) is 0 Å². The Balaban J connectivity index is 1.31. The van der Waals surface area contributed by atoms with Gasteiger partial charge in [0, 0.05) is 36.1 Å². The smallest absolute Gasteiger partial charge is 0.331 e. The summed E-state index contributed by atoms with van der Waals surface area (Å²) in [6.07, 6.45) is 20.1. The van der Waals surface area contributed by atoms with Crippen molar-refractivity contribution in [2.45, 2.75) is 140 Å². The first-order valence-corrected chi connectivity index (χ1v) is 16.2. The normalized spacial score (nSPS) is 43.6. The lowest BCUT2D eigenvalue weighted by atomic mass is 9.41. The lowest BCUT2D eigenvalue weighted by Gasteiger charge is -2.65. The Labute approximate surface area is 235 Å². The van der Waals surface area contributed by atoms with Crippen LogP contribution >= 0.6 is 0 Å². The van der Waals surface area contributed by atoms with Crippen LogP contribution < -0.4 is 0 Å². The molecule has 6 heteroatoms. The van der Waals surface area contributed by atoms with Gasteiger partial charge in [0.2, 0.25) is 0 Å². The summed E-state index contributed by atoms with van der Waals surface area (Å²) in [5, 5.41) is 35.3. The maximum absolute atomic E-state index is 12.5. The zero-order valence-electron chi connectivity index (χ0n) is 24.5. The van der Waals surface area contributed by atoms with E-state index in [1.54, 1.807) is 6.08 Å². The molecule has 1 aliphatic heterocycles. The number of hydrogen-bond acceptors (Lipinski definition) is 6. The van der Waals surface area contributed by atoms with E-state index in [-0.39, 0.29) is 29.1 Å². The van der Waals surface area contributed by atoms with Gasteiger partial charge >= 0.3 is 5.97 Å². The minimum atomic E-state index is -0.967. The maximum atomic E-state index is 12.5. The van der Waals surface area contributed by atoms with Crippen molar-refractivity contribution < 1.29 is 24.9 Å². The highest BCUT2D eigenvalue weighted by Gasteiger charge is 2.71. The highest BCUT2D eigenvalue weighted by atomic mass is 16.5. The van der Waals surface area contributed by atoms with Crippen molar-refractivity contribution in [2.24, 2.45) is 33.6 Å². The summed E-state index contributed by atoms with van der Waals surface area (Å²) in [5.41, 5.74) is -1.54. The van der Waals surface area contributed by atoms with E-state index < -0.39 is 22.7 Å². The molecular weight excluding hydrogens is 490 g/mol. The Morgan fingerprint density at radius 1 is 0.949 bits per heavy atom.